The number of rotatable bonds is 5. The summed E-state index contributed by atoms with van der Waals surface area (Å²) in [6.07, 6.45) is 0.345. The molecule has 0 saturated carbocycles. The van der Waals surface area contributed by atoms with Gasteiger partial charge in [-0.1, -0.05) is 12.1 Å². The molecule has 0 aromatic heterocycles. The zero-order valence-corrected chi connectivity index (χ0v) is 14.4. The monoisotopic (exact) mass is 322 g/mol. The van der Waals surface area contributed by atoms with E-state index in [0.29, 0.717) is 6.42 Å². The van der Waals surface area contributed by atoms with Crippen molar-refractivity contribution < 1.29 is 19.4 Å². The second-order valence-corrected chi connectivity index (χ2v) is 6.91. The van der Waals surface area contributed by atoms with Crippen LogP contribution >= 0.6 is 0 Å². The van der Waals surface area contributed by atoms with Gasteiger partial charge in [0.25, 0.3) is 0 Å². The topological polar surface area (TPSA) is 87.7 Å². The molecule has 2 amide bonds. The third-order valence-corrected chi connectivity index (χ3v) is 3.07. The van der Waals surface area contributed by atoms with E-state index >= 15 is 0 Å². The lowest BCUT2D eigenvalue weighted by Gasteiger charge is -2.25. The average molecular weight is 322 g/mol. The lowest BCUT2D eigenvalue weighted by molar-refractivity contribution is -0.140. The maximum Gasteiger partial charge on any atom is 0.309 e. The van der Waals surface area contributed by atoms with Gasteiger partial charge in [-0.05, 0) is 45.4 Å². The van der Waals surface area contributed by atoms with Crippen LogP contribution in [-0.2, 0) is 16.0 Å². The molecule has 0 aliphatic heterocycles. The lowest BCUT2D eigenvalue weighted by atomic mass is 9.96. The molecule has 0 heterocycles. The Kier molecular flexibility index (Phi) is 6.15. The van der Waals surface area contributed by atoms with E-state index in [2.05, 4.69) is 10.6 Å². The maximum atomic E-state index is 11.8. The highest BCUT2D eigenvalue weighted by Gasteiger charge is 2.25. The maximum absolute atomic E-state index is 11.8. The normalized spacial score (nSPS) is 13.8. The summed E-state index contributed by atoms with van der Waals surface area (Å²) in [5, 5.41) is 15.4. The van der Waals surface area contributed by atoms with Crippen molar-refractivity contribution in [2.75, 3.05) is 13.7 Å². The summed E-state index contributed by atoms with van der Waals surface area (Å²) in [4.78, 5) is 23.4. The van der Waals surface area contributed by atoms with E-state index in [1.165, 1.54) is 0 Å². The Labute approximate surface area is 137 Å². The molecule has 3 N–H and O–H groups in total. The number of nitrogens with one attached hydrogen (secondary N) is 2. The zero-order chi connectivity index (χ0) is 17.7. The molecule has 6 nitrogen and oxygen atoms in total. The lowest BCUT2D eigenvalue weighted by Crippen LogP contribution is -2.51. The van der Waals surface area contributed by atoms with Crippen molar-refractivity contribution >= 4 is 11.8 Å². The van der Waals surface area contributed by atoms with E-state index in [-0.39, 0.29) is 6.54 Å². The minimum Gasteiger partial charge on any atom is -0.497 e. The highest BCUT2D eigenvalue weighted by atomic mass is 16.5. The van der Waals surface area contributed by atoms with Crippen LogP contribution in [0, 0.1) is 0 Å². The SMILES string of the molecule is COc1ccc(CC(C)(O)CNC(=O)C(=O)NC(C)(C)C)cc1. The van der Waals surface area contributed by atoms with Crippen molar-refractivity contribution in [2.45, 2.75) is 45.3 Å². The molecule has 1 aromatic rings. The summed E-state index contributed by atoms with van der Waals surface area (Å²) in [7, 11) is 1.59. The molecule has 1 unspecified atom stereocenters. The number of carbonyl (C=O) groups excluding carboxylic acids is 2. The molecule has 0 bridgehead atoms. The third kappa shape index (κ3) is 7.15. The first-order valence-electron chi connectivity index (χ1n) is 7.48. The van der Waals surface area contributed by atoms with Crippen LogP contribution in [0.5, 0.6) is 5.75 Å². The Morgan fingerprint density at radius 3 is 2.13 bits per heavy atom. The number of methoxy groups -OCH3 is 1. The first-order chi connectivity index (χ1) is 10.5. The highest BCUT2D eigenvalue weighted by molar-refractivity contribution is 6.35. The highest BCUT2D eigenvalue weighted by Crippen LogP contribution is 2.16. The van der Waals surface area contributed by atoms with Gasteiger partial charge in [-0.25, -0.2) is 0 Å². The fourth-order valence-electron chi connectivity index (χ4n) is 1.99. The fraction of sp³-hybridized carbons (Fsp3) is 0.529. The van der Waals surface area contributed by atoms with Crippen molar-refractivity contribution in [2.24, 2.45) is 0 Å². The molecule has 1 rings (SSSR count). The summed E-state index contributed by atoms with van der Waals surface area (Å²) in [5.74, 6) is -0.728. The number of ether oxygens (including phenoxy) is 1. The Morgan fingerprint density at radius 1 is 1.09 bits per heavy atom. The van der Waals surface area contributed by atoms with Crippen LogP contribution < -0.4 is 15.4 Å². The molecule has 23 heavy (non-hydrogen) atoms. The summed E-state index contributed by atoms with van der Waals surface area (Å²) >= 11 is 0. The molecular weight excluding hydrogens is 296 g/mol. The van der Waals surface area contributed by atoms with Gasteiger partial charge in [0.05, 0.1) is 12.7 Å². The van der Waals surface area contributed by atoms with Crippen LogP contribution in [0.15, 0.2) is 24.3 Å². The van der Waals surface area contributed by atoms with E-state index in [9.17, 15) is 14.7 Å². The smallest absolute Gasteiger partial charge is 0.309 e. The van der Waals surface area contributed by atoms with Crippen LogP contribution in [0.25, 0.3) is 0 Å². The van der Waals surface area contributed by atoms with Crippen LogP contribution in [0.4, 0.5) is 0 Å². The van der Waals surface area contributed by atoms with Crippen molar-refractivity contribution in [1.29, 1.82) is 0 Å². The quantitative estimate of drug-likeness (QED) is 0.706. The first-order valence-corrected chi connectivity index (χ1v) is 7.48. The molecular formula is C17H26N2O4. The van der Waals surface area contributed by atoms with Gasteiger partial charge >= 0.3 is 11.8 Å². The molecule has 0 radical (unpaired) electrons. The Hall–Kier alpha value is -2.08. The summed E-state index contributed by atoms with van der Waals surface area (Å²) < 4.78 is 5.08. The second kappa shape index (κ2) is 7.46. The van der Waals surface area contributed by atoms with Gasteiger partial charge in [0.2, 0.25) is 0 Å². The van der Waals surface area contributed by atoms with Gasteiger partial charge in [0.15, 0.2) is 0 Å². The largest absolute Gasteiger partial charge is 0.497 e. The van der Waals surface area contributed by atoms with E-state index in [0.717, 1.165) is 11.3 Å². The van der Waals surface area contributed by atoms with Crippen molar-refractivity contribution in [3.63, 3.8) is 0 Å². The van der Waals surface area contributed by atoms with E-state index in [1.807, 2.05) is 12.1 Å². The van der Waals surface area contributed by atoms with Gasteiger partial charge in [-0.3, -0.25) is 9.59 Å². The third-order valence-electron chi connectivity index (χ3n) is 3.07. The Bertz CT molecular complexity index is 545. The standard InChI is InChI=1S/C17H26N2O4/c1-16(2,3)19-15(21)14(20)18-11-17(4,22)10-12-6-8-13(23-5)9-7-12/h6-9,22H,10-11H2,1-5H3,(H,18,20)(H,19,21). The molecule has 0 aliphatic rings. The van der Waals surface area contributed by atoms with Crippen LogP contribution in [0.3, 0.4) is 0 Å². The van der Waals surface area contributed by atoms with Crippen molar-refractivity contribution in [1.82, 2.24) is 10.6 Å². The minimum absolute atomic E-state index is 0.0184. The first kappa shape index (κ1) is 19.0. The average Bonchev–Trinajstić information content (AvgIpc) is 2.43. The van der Waals surface area contributed by atoms with Crippen molar-refractivity contribution in [3.05, 3.63) is 29.8 Å². The van der Waals surface area contributed by atoms with E-state index < -0.39 is 23.0 Å². The summed E-state index contributed by atoms with van der Waals surface area (Å²) in [6.45, 7) is 6.96. The van der Waals surface area contributed by atoms with Gasteiger partial charge in [-0.15, -0.1) is 0 Å². The summed E-state index contributed by atoms with van der Waals surface area (Å²) in [6, 6.07) is 7.31. The molecule has 1 atom stereocenters. The zero-order valence-electron chi connectivity index (χ0n) is 14.4. The van der Waals surface area contributed by atoms with E-state index in [4.69, 9.17) is 4.74 Å². The molecule has 0 aliphatic carbocycles. The van der Waals surface area contributed by atoms with Gasteiger partial charge in [-0.2, -0.15) is 0 Å². The molecule has 1 aromatic carbocycles. The Morgan fingerprint density at radius 2 is 1.65 bits per heavy atom. The molecule has 0 fully saturated rings. The predicted octanol–water partition coefficient (Wildman–Crippen LogP) is 1.02. The van der Waals surface area contributed by atoms with Crippen LogP contribution in [0.2, 0.25) is 0 Å². The van der Waals surface area contributed by atoms with Crippen molar-refractivity contribution in [3.8, 4) is 5.75 Å². The van der Waals surface area contributed by atoms with E-state index in [1.54, 1.807) is 46.9 Å². The number of carbonyl (C=O) groups is 2. The molecule has 128 valence electrons. The number of aliphatic hydroxyl groups is 1. The van der Waals surface area contributed by atoms with Gasteiger partial charge < -0.3 is 20.5 Å². The molecule has 0 spiro atoms. The number of hydrogen-bond acceptors (Lipinski definition) is 4. The number of hydrogen-bond donors (Lipinski definition) is 3. The van der Waals surface area contributed by atoms with Gasteiger partial charge in [0.1, 0.15) is 5.75 Å². The van der Waals surface area contributed by atoms with Crippen LogP contribution in [-0.4, -0.2) is 41.7 Å². The molecule has 0 saturated heterocycles. The minimum atomic E-state index is -1.16. The predicted molar refractivity (Wildman–Crippen MR) is 88.2 cm³/mol. The Balaban J connectivity index is 2.54. The molecule has 6 heteroatoms. The number of amides is 2. The fourth-order valence-corrected chi connectivity index (χ4v) is 1.99. The van der Waals surface area contributed by atoms with Gasteiger partial charge in [0, 0.05) is 18.5 Å². The van der Waals surface area contributed by atoms with Crippen LogP contribution in [0.1, 0.15) is 33.3 Å². The second-order valence-electron chi connectivity index (χ2n) is 6.91. The number of benzene rings is 1. The summed E-state index contributed by atoms with van der Waals surface area (Å²) in [5.41, 5.74) is -0.740.